The predicted octanol–water partition coefficient (Wildman–Crippen LogP) is 4.43. The topological polar surface area (TPSA) is 44.0 Å². The van der Waals surface area contributed by atoms with E-state index in [2.05, 4.69) is 26.8 Å². The zero-order chi connectivity index (χ0) is 14.1. The molecule has 2 nitrogen and oxygen atoms in total. The van der Waals surface area contributed by atoms with E-state index in [1.807, 2.05) is 0 Å². The first-order valence-electron chi connectivity index (χ1n) is 7.96. The summed E-state index contributed by atoms with van der Waals surface area (Å²) >= 11 is 0. The van der Waals surface area contributed by atoms with Gasteiger partial charge in [-0.25, -0.2) is 0 Å². The molecule has 0 aromatic carbocycles. The Kier molecular flexibility index (Phi) is 3.98. The normalized spacial score (nSPS) is 38.2. The van der Waals surface area contributed by atoms with E-state index in [0.29, 0.717) is 11.3 Å². The number of rotatable bonds is 1. The Morgan fingerprint density at radius 3 is 2.21 bits per heavy atom. The van der Waals surface area contributed by atoms with Gasteiger partial charge in [-0.3, -0.25) is 0 Å². The van der Waals surface area contributed by atoms with Crippen LogP contribution in [0, 0.1) is 28.1 Å². The maximum atomic E-state index is 11.2. The Balaban J connectivity index is 2.19. The van der Waals surface area contributed by atoms with Crippen LogP contribution < -0.4 is 0 Å². The fourth-order valence-corrected chi connectivity index (χ4v) is 4.01. The van der Waals surface area contributed by atoms with Gasteiger partial charge >= 0.3 is 0 Å². The van der Waals surface area contributed by atoms with Crippen LogP contribution in [0.4, 0.5) is 0 Å². The lowest BCUT2D eigenvalue weighted by atomic mass is 9.57. The molecule has 2 unspecified atom stereocenters. The summed E-state index contributed by atoms with van der Waals surface area (Å²) in [6, 6.07) is 2.56. The van der Waals surface area contributed by atoms with E-state index in [1.54, 1.807) is 0 Å². The molecule has 2 fully saturated rings. The molecule has 0 heterocycles. The molecule has 0 saturated heterocycles. The van der Waals surface area contributed by atoms with Gasteiger partial charge in [-0.1, -0.05) is 33.6 Å². The number of hydrogen-bond donors (Lipinski definition) is 1. The molecule has 108 valence electrons. The second kappa shape index (κ2) is 5.09. The van der Waals surface area contributed by atoms with Crippen LogP contribution in [0.15, 0.2) is 0 Å². The third-order valence-electron chi connectivity index (χ3n) is 5.90. The van der Waals surface area contributed by atoms with Crippen LogP contribution in [0.5, 0.6) is 0 Å². The van der Waals surface area contributed by atoms with E-state index in [1.165, 1.54) is 6.42 Å². The Morgan fingerprint density at radius 2 is 1.63 bits per heavy atom. The van der Waals surface area contributed by atoms with E-state index in [4.69, 9.17) is 0 Å². The van der Waals surface area contributed by atoms with Crippen molar-refractivity contribution in [3.8, 4) is 6.07 Å². The minimum Gasteiger partial charge on any atom is -0.388 e. The van der Waals surface area contributed by atoms with Crippen molar-refractivity contribution >= 4 is 0 Å². The van der Waals surface area contributed by atoms with Gasteiger partial charge in [0.05, 0.1) is 17.1 Å². The molecular formula is C17H29NO. The zero-order valence-electron chi connectivity index (χ0n) is 12.8. The number of hydrogen-bond acceptors (Lipinski definition) is 2. The molecule has 0 aromatic heterocycles. The van der Waals surface area contributed by atoms with Crippen molar-refractivity contribution in [2.45, 2.75) is 84.2 Å². The molecule has 2 aliphatic rings. The first kappa shape index (κ1) is 14.9. The van der Waals surface area contributed by atoms with E-state index in [9.17, 15) is 10.4 Å². The van der Waals surface area contributed by atoms with Crippen LogP contribution in [0.2, 0.25) is 0 Å². The minimum atomic E-state index is -0.733. The molecule has 0 aliphatic heterocycles. The van der Waals surface area contributed by atoms with Crippen LogP contribution in [0.3, 0.4) is 0 Å². The van der Waals surface area contributed by atoms with Crippen LogP contribution in [0.1, 0.15) is 78.6 Å². The van der Waals surface area contributed by atoms with Gasteiger partial charge in [0.2, 0.25) is 0 Å². The summed E-state index contributed by atoms with van der Waals surface area (Å²) in [4.78, 5) is 0. The van der Waals surface area contributed by atoms with E-state index in [0.717, 1.165) is 51.4 Å². The smallest absolute Gasteiger partial charge is 0.0860 e. The molecule has 2 atom stereocenters. The molecular weight excluding hydrogens is 234 g/mol. The fourth-order valence-electron chi connectivity index (χ4n) is 4.01. The zero-order valence-corrected chi connectivity index (χ0v) is 12.8. The lowest BCUT2D eigenvalue weighted by Gasteiger charge is -2.48. The van der Waals surface area contributed by atoms with Gasteiger partial charge in [0.1, 0.15) is 0 Å². The largest absolute Gasteiger partial charge is 0.388 e. The molecule has 0 aromatic rings. The summed E-state index contributed by atoms with van der Waals surface area (Å²) in [5.74, 6) is 0.699. The quantitative estimate of drug-likeness (QED) is 0.711. The summed E-state index contributed by atoms with van der Waals surface area (Å²) in [6.07, 6.45) is 8.89. The highest BCUT2D eigenvalue weighted by molar-refractivity contribution is 5.14. The second-order valence-electron chi connectivity index (χ2n) is 7.93. The summed E-state index contributed by atoms with van der Waals surface area (Å²) in [6.45, 7) is 6.84. The summed E-state index contributed by atoms with van der Waals surface area (Å²) in [5.41, 5.74) is -0.871. The number of aliphatic hydroxyl groups is 1. The predicted molar refractivity (Wildman–Crippen MR) is 77.5 cm³/mol. The highest BCUT2D eigenvalue weighted by Gasteiger charge is 2.53. The maximum absolute atomic E-state index is 11.2. The third-order valence-corrected chi connectivity index (χ3v) is 5.90. The highest BCUT2D eigenvalue weighted by Crippen LogP contribution is 2.54. The summed E-state index contributed by atoms with van der Waals surface area (Å²) in [5, 5.41) is 21.0. The van der Waals surface area contributed by atoms with Gasteiger partial charge in [-0.15, -0.1) is 0 Å². The maximum Gasteiger partial charge on any atom is 0.0860 e. The van der Waals surface area contributed by atoms with Crippen molar-refractivity contribution in [1.29, 1.82) is 5.26 Å². The summed E-state index contributed by atoms with van der Waals surface area (Å²) < 4.78 is 0. The Labute approximate surface area is 118 Å². The van der Waals surface area contributed by atoms with Crippen LogP contribution in [0.25, 0.3) is 0 Å². The average Bonchev–Trinajstić information content (AvgIpc) is 2.53. The Hall–Kier alpha value is -0.550. The monoisotopic (exact) mass is 263 g/mol. The standard InChI is InChI=1S/C17H29NO/c1-14-5-4-7-17(19,8-6-14)16(13-18)11-9-15(2,3)10-12-16/h14,19H,4-12H2,1-3H3. The minimum absolute atomic E-state index is 0.342. The molecule has 0 radical (unpaired) electrons. The molecule has 0 spiro atoms. The molecule has 2 aliphatic carbocycles. The van der Waals surface area contributed by atoms with Crippen molar-refractivity contribution in [1.82, 2.24) is 0 Å². The van der Waals surface area contributed by atoms with Crippen LogP contribution >= 0.6 is 0 Å². The van der Waals surface area contributed by atoms with Gasteiger partial charge in [-0.2, -0.15) is 5.26 Å². The summed E-state index contributed by atoms with van der Waals surface area (Å²) in [7, 11) is 0. The second-order valence-corrected chi connectivity index (χ2v) is 7.93. The van der Waals surface area contributed by atoms with Crippen LogP contribution in [-0.4, -0.2) is 10.7 Å². The molecule has 19 heavy (non-hydrogen) atoms. The molecule has 0 amide bonds. The number of nitrogens with zero attached hydrogens (tertiary/aromatic N) is 1. The van der Waals surface area contributed by atoms with E-state index >= 15 is 0 Å². The fraction of sp³-hybridized carbons (Fsp3) is 0.941. The molecule has 2 heteroatoms. The van der Waals surface area contributed by atoms with Crippen molar-refractivity contribution in [3.05, 3.63) is 0 Å². The third kappa shape index (κ3) is 2.82. The van der Waals surface area contributed by atoms with Gasteiger partial charge in [0.25, 0.3) is 0 Å². The first-order chi connectivity index (χ1) is 8.83. The molecule has 0 bridgehead atoms. The van der Waals surface area contributed by atoms with Gasteiger partial charge in [0.15, 0.2) is 0 Å². The van der Waals surface area contributed by atoms with Crippen LogP contribution in [-0.2, 0) is 0 Å². The van der Waals surface area contributed by atoms with Gasteiger partial charge < -0.3 is 5.11 Å². The molecule has 2 rings (SSSR count). The van der Waals surface area contributed by atoms with Crippen molar-refractivity contribution < 1.29 is 5.11 Å². The highest BCUT2D eigenvalue weighted by atomic mass is 16.3. The Morgan fingerprint density at radius 1 is 1.00 bits per heavy atom. The van der Waals surface area contributed by atoms with Crippen molar-refractivity contribution in [3.63, 3.8) is 0 Å². The SMILES string of the molecule is CC1CCCC(O)(C2(C#N)CCC(C)(C)CC2)CC1. The lowest BCUT2D eigenvalue weighted by molar-refractivity contribution is -0.0953. The average molecular weight is 263 g/mol. The Bertz CT molecular complexity index is 358. The molecule has 2 saturated carbocycles. The van der Waals surface area contributed by atoms with Crippen molar-refractivity contribution in [2.75, 3.05) is 0 Å². The van der Waals surface area contributed by atoms with Gasteiger partial charge in [-0.05, 0) is 56.3 Å². The number of nitriles is 1. The van der Waals surface area contributed by atoms with Crippen molar-refractivity contribution in [2.24, 2.45) is 16.7 Å². The van der Waals surface area contributed by atoms with Gasteiger partial charge in [0, 0.05) is 0 Å². The van der Waals surface area contributed by atoms with E-state index < -0.39 is 11.0 Å². The van der Waals surface area contributed by atoms with E-state index in [-0.39, 0.29) is 0 Å². The molecule has 1 N–H and O–H groups in total. The first-order valence-corrected chi connectivity index (χ1v) is 7.96. The lowest BCUT2D eigenvalue weighted by Crippen LogP contribution is -2.50.